The predicted molar refractivity (Wildman–Crippen MR) is 72.9 cm³/mol. The summed E-state index contributed by atoms with van der Waals surface area (Å²) in [6.45, 7) is 2.73. The Labute approximate surface area is 118 Å². The number of nitrogens with two attached hydrogens (primary N) is 1. The summed E-state index contributed by atoms with van der Waals surface area (Å²) in [7, 11) is 0. The van der Waals surface area contributed by atoms with Gasteiger partial charge in [0.05, 0.1) is 0 Å². The average Bonchev–Trinajstić information content (AvgIpc) is 2.69. The van der Waals surface area contributed by atoms with Crippen LogP contribution in [-0.4, -0.2) is 30.2 Å². The number of nitrogens with zero attached hydrogens (tertiary/aromatic N) is 1. The number of thiazole rings is 1. The molecule has 0 aliphatic rings. The monoisotopic (exact) mass is 310 g/mol. The number of hydrogen-bond donors (Lipinski definition) is 3. The molecule has 0 radical (unpaired) electrons. The van der Waals surface area contributed by atoms with Gasteiger partial charge in [-0.15, -0.1) is 0 Å². The lowest BCUT2D eigenvalue weighted by atomic mass is 10.2. The number of hydrogen-bond acceptors (Lipinski definition) is 5. The summed E-state index contributed by atoms with van der Waals surface area (Å²) in [5.74, 6) is -0.282. The normalized spacial score (nSPS) is 11.4. The maximum absolute atomic E-state index is 11.9. The highest BCUT2D eigenvalue weighted by atomic mass is 32.1. The average molecular weight is 310 g/mol. The number of anilines is 2. The fourth-order valence-corrected chi connectivity index (χ4v) is 2.32. The molecule has 20 heavy (non-hydrogen) atoms. The highest BCUT2D eigenvalue weighted by molar-refractivity contribution is 7.18. The molecule has 0 fully saturated rings. The molecule has 1 aromatic rings. The van der Waals surface area contributed by atoms with E-state index >= 15 is 0 Å². The molecule has 114 valence electrons. The summed E-state index contributed by atoms with van der Waals surface area (Å²) in [5, 5.41) is 6.03. The zero-order chi connectivity index (χ0) is 15.2. The van der Waals surface area contributed by atoms with Crippen LogP contribution in [0.25, 0.3) is 0 Å². The predicted octanol–water partition coefficient (Wildman–Crippen LogP) is 2.62. The van der Waals surface area contributed by atoms with Crippen LogP contribution < -0.4 is 16.4 Å². The summed E-state index contributed by atoms with van der Waals surface area (Å²) < 4.78 is 35.8. The van der Waals surface area contributed by atoms with Crippen LogP contribution in [0.1, 0.15) is 35.9 Å². The van der Waals surface area contributed by atoms with Gasteiger partial charge in [-0.2, -0.15) is 13.2 Å². The fraction of sp³-hybridized carbons (Fsp3) is 0.636. The molecule has 0 aromatic carbocycles. The lowest BCUT2D eigenvalue weighted by Gasteiger charge is -2.06. The van der Waals surface area contributed by atoms with Gasteiger partial charge in [-0.3, -0.25) is 4.79 Å². The van der Waals surface area contributed by atoms with Crippen LogP contribution in [0.5, 0.6) is 0 Å². The summed E-state index contributed by atoms with van der Waals surface area (Å²) >= 11 is 1.12. The number of alkyl halides is 3. The van der Waals surface area contributed by atoms with E-state index in [4.69, 9.17) is 5.73 Å². The molecule has 1 rings (SSSR count). The van der Waals surface area contributed by atoms with Crippen molar-refractivity contribution >= 4 is 28.2 Å². The molecule has 0 saturated heterocycles. The molecule has 0 aliphatic heterocycles. The van der Waals surface area contributed by atoms with Gasteiger partial charge in [-0.1, -0.05) is 11.3 Å². The maximum Gasteiger partial charge on any atom is 0.389 e. The van der Waals surface area contributed by atoms with Crippen LogP contribution in [-0.2, 0) is 0 Å². The first kappa shape index (κ1) is 16.5. The number of carbonyl (C=O) groups excluding carboxylic acids is 1. The van der Waals surface area contributed by atoms with Crippen LogP contribution in [0.3, 0.4) is 0 Å². The third-order valence-electron chi connectivity index (χ3n) is 2.36. The largest absolute Gasteiger partial charge is 0.389 e. The van der Waals surface area contributed by atoms with Crippen molar-refractivity contribution in [2.24, 2.45) is 0 Å². The highest BCUT2D eigenvalue weighted by Gasteiger charge is 2.25. The second-order valence-electron chi connectivity index (χ2n) is 4.09. The van der Waals surface area contributed by atoms with Gasteiger partial charge in [-0.05, 0) is 19.8 Å². The Kier molecular flexibility index (Phi) is 6.05. The van der Waals surface area contributed by atoms with Crippen LogP contribution >= 0.6 is 11.3 Å². The maximum atomic E-state index is 11.9. The van der Waals surface area contributed by atoms with E-state index < -0.39 is 18.5 Å². The Bertz CT molecular complexity index is 447. The van der Waals surface area contributed by atoms with E-state index in [0.29, 0.717) is 11.7 Å². The zero-order valence-corrected chi connectivity index (χ0v) is 11.8. The first-order chi connectivity index (χ1) is 9.33. The van der Waals surface area contributed by atoms with Gasteiger partial charge in [0.15, 0.2) is 5.13 Å². The Morgan fingerprint density at radius 2 is 2.10 bits per heavy atom. The smallest absolute Gasteiger partial charge is 0.382 e. The van der Waals surface area contributed by atoms with E-state index in [-0.39, 0.29) is 30.1 Å². The Morgan fingerprint density at radius 1 is 1.40 bits per heavy atom. The van der Waals surface area contributed by atoms with E-state index in [2.05, 4.69) is 15.6 Å². The lowest BCUT2D eigenvalue weighted by Crippen LogP contribution is -2.24. The van der Waals surface area contributed by atoms with Gasteiger partial charge in [0, 0.05) is 19.5 Å². The molecule has 0 bridgehead atoms. The van der Waals surface area contributed by atoms with E-state index in [0.717, 1.165) is 11.3 Å². The number of rotatable bonds is 7. The number of aromatic nitrogens is 1. The molecular formula is C11H17F3N4OS. The van der Waals surface area contributed by atoms with Crippen molar-refractivity contribution in [2.45, 2.75) is 32.4 Å². The number of amides is 1. The third-order valence-corrected chi connectivity index (χ3v) is 3.39. The molecule has 0 spiro atoms. The van der Waals surface area contributed by atoms with Crippen LogP contribution in [0.2, 0.25) is 0 Å². The topological polar surface area (TPSA) is 80.0 Å². The number of nitrogen functional groups attached to an aromatic ring is 1. The van der Waals surface area contributed by atoms with Gasteiger partial charge < -0.3 is 16.4 Å². The van der Waals surface area contributed by atoms with Crippen LogP contribution in [0, 0.1) is 0 Å². The van der Waals surface area contributed by atoms with Gasteiger partial charge in [0.1, 0.15) is 10.7 Å². The minimum atomic E-state index is -4.15. The van der Waals surface area contributed by atoms with Gasteiger partial charge in [-0.25, -0.2) is 4.98 Å². The Hall–Kier alpha value is -1.51. The van der Waals surface area contributed by atoms with Crippen molar-refractivity contribution in [2.75, 3.05) is 24.1 Å². The van der Waals surface area contributed by atoms with Crippen molar-refractivity contribution < 1.29 is 18.0 Å². The second-order valence-corrected chi connectivity index (χ2v) is 5.09. The van der Waals surface area contributed by atoms with Gasteiger partial charge in [0.2, 0.25) is 0 Å². The number of unbranched alkanes of at least 4 members (excludes halogenated alkanes) is 1. The Morgan fingerprint density at radius 3 is 2.70 bits per heavy atom. The molecule has 4 N–H and O–H groups in total. The molecular weight excluding hydrogens is 293 g/mol. The number of halogens is 3. The highest BCUT2D eigenvalue weighted by Crippen LogP contribution is 2.25. The van der Waals surface area contributed by atoms with Gasteiger partial charge in [0.25, 0.3) is 5.91 Å². The summed E-state index contributed by atoms with van der Waals surface area (Å²) in [5.41, 5.74) is 5.61. The summed E-state index contributed by atoms with van der Waals surface area (Å²) in [6.07, 6.45) is -4.72. The number of nitrogens with one attached hydrogen (secondary N) is 2. The summed E-state index contributed by atoms with van der Waals surface area (Å²) in [4.78, 5) is 16.0. The molecule has 0 saturated carbocycles. The van der Waals surface area contributed by atoms with Crippen molar-refractivity contribution in [1.29, 1.82) is 0 Å². The van der Waals surface area contributed by atoms with E-state index in [1.54, 1.807) is 0 Å². The van der Waals surface area contributed by atoms with Crippen molar-refractivity contribution in [1.82, 2.24) is 10.3 Å². The van der Waals surface area contributed by atoms with Crippen molar-refractivity contribution in [3.8, 4) is 0 Å². The SMILES string of the molecule is CCNc1nc(N)c(C(=O)NCCCCC(F)(F)F)s1. The quantitative estimate of drug-likeness (QED) is 0.676. The fourth-order valence-electron chi connectivity index (χ4n) is 1.45. The molecule has 1 amide bonds. The van der Waals surface area contributed by atoms with Crippen LogP contribution in [0.4, 0.5) is 24.1 Å². The minimum absolute atomic E-state index is 0.00933. The van der Waals surface area contributed by atoms with Crippen LogP contribution in [0.15, 0.2) is 0 Å². The van der Waals surface area contributed by atoms with E-state index in [1.165, 1.54) is 0 Å². The third kappa shape index (κ3) is 5.64. The van der Waals surface area contributed by atoms with Crippen molar-refractivity contribution in [3.05, 3.63) is 4.88 Å². The van der Waals surface area contributed by atoms with Gasteiger partial charge >= 0.3 is 6.18 Å². The molecule has 1 aromatic heterocycles. The van der Waals surface area contributed by atoms with E-state index in [1.807, 2.05) is 6.92 Å². The number of carbonyl (C=O) groups is 1. The first-order valence-corrected chi connectivity index (χ1v) is 7.00. The summed E-state index contributed by atoms with van der Waals surface area (Å²) in [6, 6.07) is 0. The molecule has 0 atom stereocenters. The van der Waals surface area contributed by atoms with Crippen molar-refractivity contribution in [3.63, 3.8) is 0 Å². The zero-order valence-electron chi connectivity index (χ0n) is 11.0. The molecule has 5 nitrogen and oxygen atoms in total. The molecule has 1 heterocycles. The standard InChI is InChI=1S/C11H17F3N4OS/c1-2-16-10-18-8(15)7(20-10)9(19)17-6-4-3-5-11(12,13)14/h2-6,15H2,1H3,(H,16,18)(H,17,19). The molecule has 0 unspecified atom stereocenters. The Balaban J connectivity index is 2.36. The van der Waals surface area contributed by atoms with E-state index in [9.17, 15) is 18.0 Å². The second kappa shape index (κ2) is 7.32. The lowest BCUT2D eigenvalue weighted by molar-refractivity contribution is -0.135. The molecule has 9 heteroatoms. The minimum Gasteiger partial charge on any atom is -0.382 e. The molecule has 0 aliphatic carbocycles. The first-order valence-electron chi connectivity index (χ1n) is 6.18.